The van der Waals surface area contributed by atoms with Crippen molar-refractivity contribution in [1.29, 1.82) is 0 Å². The number of oxazole rings is 1. The molecule has 1 N–H and O–H groups in total. The quantitative estimate of drug-likeness (QED) is 0.611. The van der Waals surface area contributed by atoms with Crippen LogP contribution in [0.15, 0.2) is 65.2 Å². The van der Waals surface area contributed by atoms with Crippen LogP contribution in [0.1, 0.15) is 11.4 Å². The number of hydrogen-bond donors (Lipinski definition) is 1. The third kappa shape index (κ3) is 2.96. The molecule has 1 aromatic carbocycles. The van der Waals surface area contributed by atoms with Crippen LogP contribution in [0.4, 0.5) is 5.69 Å². The molecule has 24 heavy (non-hydrogen) atoms. The molecular formula is C19H16N4O. The molecule has 0 saturated carbocycles. The predicted octanol–water partition coefficient (Wildman–Crippen LogP) is 4.21. The molecule has 0 spiro atoms. The van der Waals surface area contributed by atoms with Crippen molar-refractivity contribution in [3.05, 3.63) is 72.2 Å². The summed E-state index contributed by atoms with van der Waals surface area (Å²) in [4.78, 5) is 13.1. The number of anilines is 1. The van der Waals surface area contributed by atoms with Crippen LogP contribution < -0.4 is 5.32 Å². The van der Waals surface area contributed by atoms with Crippen LogP contribution in [0.2, 0.25) is 0 Å². The van der Waals surface area contributed by atoms with Crippen molar-refractivity contribution >= 4 is 16.9 Å². The van der Waals surface area contributed by atoms with Gasteiger partial charge < -0.3 is 9.73 Å². The number of fused-ring (bicyclic) bond motifs is 1. The first-order valence-corrected chi connectivity index (χ1v) is 7.76. The average Bonchev–Trinajstić information content (AvgIpc) is 3.05. The number of nitrogens with zero attached hydrogens (tertiary/aromatic N) is 3. The van der Waals surface area contributed by atoms with E-state index in [0.29, 0.717) is 23.7 Å². The second kappa shape index (κ2) is 6.12. The second-order valence-electron chi connectivity index (χ2n) is 5.55. The molecule has 118 valence electrons. The highest BCUT2D eigenvalue weighted by atomic mass is 16.3. The fraction of sp³-hybridized carbons (Fsp3) is 0.105. The minimum absolute atomic E-state index is 0.579. The zero-order chi connectivity index (χ0) is 16.4. The predicted molar refractivity (Wildman–Crippen MR) is 93.5 cm³/mol. The lowest BCUT2D eigenvalue weighted by molar-refractivity contribution is 0.619. The van der Waals surface area contributed by atoms with Gasteiger partial charge in [-0.1, -0.05) is 6.07 Å². The fourth-order valence-corrected chi connectivity index (χ4v) is 2.51. The summed E-state index contributed by atoms with van der Waals surface area (Å²) in [5.74, 6) is 0.579. The van der Waals surface area contributed by atoms with Crippen LogP contribution >= 0.6 is 0 Å². The maximum absolute atomic E-state index is 5.73. The van der Waals surface area contributed by atoms with Gasteiger partial charge in [0.2, 0.25) is 5.89 Å². The Balaban J connectivity index is 1.50. The van der Waals surface area contributed by atoms with Crippen LogP contribution in [-0.4, -0.2) is 15.0 Å². The highest BCUT2D eigenvalue weighted by molar-refractivity contribution is 5.72. The minimum Gasteiger partial charge on any atom is -0.434 e. The van der Waals surface area contributed by atoms with Gasteiger partial charge in [-0.05, 0) is 55.5 Å². The normalized spacial score (nSPS) is 10.9. The van der Waals surface area contributed by atoms with E-state index in [-0.39, 0.29) is 0 Å². The average molecular weight is 316 g/mol. The van der Waals surface area contributed by atoms with Gasteiger partial charge in [-0.2, -0.15) is 4.98 Å². The molecule has 0 aliphatic heterocycles. The van der Waals surface area contributed by atoms with Gasteiger partial charge >= 0.3 is 0 Å². The standard InChI is InChI=1S/C19H16N4O/c1-13-4-2-5-16(22-13)12-21-15-9-7-14(8-10-15)19-23-18-17(24-19)6-3-11-20-18/h2-11,21H,12H2,1H3. The molecule has 0 bridgehead atoms. The summed E-state index contributed by atoms with van der Waals surface area (Å²) in [5.41, 5.74) is 5.31. The van der Waals surface area contributed by atoms with E-state index < -0.39 is 0 Å². The topological polar surface area (TPSA) is 63.8 Å². The van der Waals surface area contributed by atoms with Gasteiger partial charge in [0, 0.05) is 23.1 Å². The molecule has 0 aliphatic rings. The Bertz CT molecular complexity index is 943. The first-order valence-electron chi connectivity index (χ1n) is 7.76. The van der Waals surface area contributed by atoms with Crippen molar-refractivity contribution in [3.8, 4) is 11.5 Å². The van der Waals surface area contributed by atoms with Crippen LogP contribution in [0.3, 0.4) is 0 Å². The zero-order valence-electron chi connectivity index (χ0n) is 13.2. The summed E-state index contributed by atoms with van der Waals surface area (Å²) in [7, 11) is 0. The Morgan fingerprint density at radius 1 is 0.958 bits per heavy atom. The molecule has 0 aliphatic carbocycles. The summed E-state index contributed by atoms with van der Waals surface area (Å²) >= 11 is 0. The maximum atomic E-state index is 5.73. The lowest BCUT2D eigenvalue weighted by Crippen LogP contribution is -2.02. The van der Waals surface area contributed by atoms with Crippen molar-refractivity contribution in [2.75, 3.05) is 5.32 Å². The molecule has 0 radical (unpaired) electrons. The van der Waals surface area contributed by atoms with Gasteiger partial charge in [0.25, 0.3) is 0 Å². The van der Waals surface area contributed by atoms with E-state index in [2.05, 4.69) is 20.3 Å². The Morgan fingerprint density at radius 3 is 2.62 bits per heavy atom. The SMILES string of the molecule is Cc1cccc(CNc2ccc(-c3nc4ncccc4o3)cc2)n1. The van der Waals surface area contributed by atoms with Gasteiger partial charge in [0.1, 0.15) is 0 Å². The Labute approximate surface area is 139 Å². The van der Waals surface area contributed by atoms with E-state index in [1.165, 1.54) is 0 Å². The van der Waals surface area contributed by atoms with Crippen LogP contribution in [0.5, 0.6) is 0 Å². The van der Waals surface area contributed by atoms with Crippen molar-refractivity contribution in [1.82, 2.24) is 15.0 Å². The highest BCUT2D eigenvalue weighted by Gasteiger charge is 2.08. The molecule has 3 heterocycles. The number of pyridine rings is 2. The Kier molecular flexibility index (Phi) is 3.67. The van der Waals surface area contributed by atoms with Crippen molar-refractivity contribution in [2.45, 2.75) is 13.5 Å². The summed E-state index contributed by atoms with van der Waals surface area (Å²) < 4.78 is 5.73. The Hall–Kier alpha value is -3.21. The first-order chi connectivity index (χ1) is 11.8. The Morgan fingerprint density at radius 2 is 1.83 bits per heavy atom. The number of aryl methyl sites for hydroxylation is 1. The smallest absolute Gasteiger partial charge is 0.228 e. The molecule has 0 atom stereocenters. The molecule has 0 saturated heterocycles. The maximum Gasteiger partial charge on any atom is 0.228 e. The van der Waals surface area contributed by atoms with E-state index >= 15 is 0 Å². The fourth-order valence-electron chi connectivity index (χ4n) is 2.51. The largest absolute Gasteiger partial charge is 0.434 e. The molecule has 4 rings (SSSR count). The van der Waals surface area contributed by atoms with Crippen LogP contribution in [0, 0.1) is 6.92 Å². The van der Waals surface area contributed by atoms with Gasteiger partial charge in [-0.25, -0.2) is 4.98 Å². The minimum atomic E-state index is 0.579. The lowest BCUT2D eigenvalue weighted by Gasteiger charge is -2.07. The summed E-state index contributed by atoms with van der Waals surface area (Å²) in [6, 6.07) is 17.7. The molecule has 4 aromatic rings. The van der Waals surface area contributed by atoms with Gasteiger partial charge in [-0.15, -0.1) is 0 Å². The van der Waals surface area contributed by atoms with E-state index in [1.54, 1.807) is 6.20 Å². The highest BCUT2D eigenvalue weighted by Crippen LogP contribution is 2.24. The van der Waals surface area contributed by atoms with Gasteiger partial charge in [0.05, 0.1) is 12.2 Å². The van der Waals surface area contributed by atoms with Crippen molar-refractivity contribution in [2.24, 2.45) is 0 Å². The number of hydrogen-bond acceptors (Lipinski definition) is 5. The third-order valence-corrected chi connectivity index (χ3v) is 3.72. The molecule has 5 heteroatoms. The molecule has 0 fully saturated rings. The monoisotopic (exact) mass is 316 g/mol. The zero-order valence-corrected chi connectivity index (χ0v) is 13.2. The number of rotatable bonds is 4. The second-order valence-corrected chi connectivity index (χ2v) is 5.55. The third-order valence-electron chi connectivity index (χ3n) is 3.72. The van der Waals surface area contributed by atoms with Gasteiger partial charge in [0.15, 0.2) is 11.2 Å². The molecule has 3 aromatic heterocycles. The van der Waals surface area contributed by atoms with E-state index in [1.807, 2.05) is 61.5 Å². The van der Waals surface area contributed by atoms with Gasteiger partial charge in [-0.3, -0.25) is 4.98 Å². The van der Waals surface area contributed by atoms with Crippen LogP contribution in [-0.2, 0) is 6.54 Å². The number of benzene rings is 1. The summed E-state index contributed by atoms with van der Waals surface area (Å²) in [6.07, 6.45) is 1.71. The summed E-state index contributed by atoms with van der Waals surface area (Å²) in [5, 5.41) is 3.37. The number of aromatic nitrogens is 3. The van der Waals surface area contributed by atoms with Crippen molar-refractivity contribution in [3.63, 3.8) is 0 Å². The molecule has 0 amide bonds. The van der Waals surface area contributed by atoms with Crippen molar-refractivity contribution < 1.29 is 4.42 Å². The van der Waals surface area contributed by atoms with E-state index in [0.717, 1.165) is 22.6 Å². The molecule has 5 nitrogen and oxygen atoms in total. The lowest BCUT2D eigenvalue weighted by atomic mass is 10.2. The summed E-state index contributed by atoms with van der Waals surface area (Å²) in [6.45, 7) is 2.68. The molecular weight excluding hydrogens is 300 g/mol. The van der Waals surface area contributed by atoms with Crippen LogP contribution in [0.25, 0.3) is 22.7 Å². The number of nitrogens with one attached hydrogen (secondary N) is 1. The first kappa shape index (κ1) is 14.4. The van der Waals surface area contributed by atoms with E-state index in [4.69, 9.17) is 4.42 Å². The van der Waals surface area contributed by atoms with E-state index in [9.17, 15) is 0 Å². The molecule has 0 unspecified atom stereocenters.